The summed E-state index contributed by atoms with van der Waals surface area (Å²) in [4.78, 5) is 44.5. The molecule has 1 unspecified atom stereocenters. The first-order chi connectivity index (χ1) is 16.5. The second-order valence-electron chi connectivity index (χ2n) is 8.69. The van der Waals surface area contributed by atoms with E-state index in [0.717, 1.165) is 11.1 Å². The SMILES string of the molecule is O=C(c1ccc(Cl)cc1)[C@@H]1[C@@H]2C(=O)N(c3ccc(Cl)cc3)C(=O)[C@@H]2C2c3ccccc3C=CN21. The number of carbonyl (C=O) groups excluding carboxylic acids is 3. The van der Waals surface area contributed by atoms with E-state index < -0.39 is 23.9 Å². The smallest absolute Gasteiger partial charge is 0.240 e. The van der Waals surface area contributed by atoms with Gasteiger partial charge in [-0.2, -0.15) is 0 Å². The van der Waals surface area contributed by atoms with Crippen LogP contribution < -0.4 is 4.90 Å². The number of anilines is 1. The van der Waals surface area contributed by atoms with Gasteiger partial charge in [0.1, 0.15) is 6.04 Å². The molecule has 6 rings (SSSR count). The van der Waals surface area contributed by atoms with Crippen LogP contribution in [0.4, 0.5) is 5.69 Å². The van der Waals surface area contributed by atoms with Crippen molar-refractivity contribution in [1.29, 1.82) is 0 Å². The van der Waals surface area contributed by atoms with Crippen molar-refractivity contribution in [1.82, 2.24) is 4.90 Å². The summed E-state index contributed by atoms with van der Waals surface area (Å²) < 4.78 is 0. The van der Waals surface area contributed by atoms with E-state index in [1.807, 2.05) is 41.4 Å². The first kappa shape index (κ1) is 21.1. The highest BCUT2D eigenvalue weighted by Crippen LogP contribution is 2.53. The quantitative estimate of drug-likeness (QED) is 0.366. The molecule has 2 saturated heterocycles. The minimum atomic E-state index is -0.813. The summed E-state index contributed by atoms with van der Waals surface area (Å²) >= 11 is 12.0. The second-order valence-corrected chi connectivity index (χ2v) is 9.57. The van der Waals surface area contributed by atoms with Crippen LogP contribution in [0.25, 0.3) is 6.08 Å². The Morgan fingerprint density at radius 2 is 1.38 bits per heavy atom. The zero-order valence-corrected chi connectivity index (χ0v) is 19.3. The van der Waals surface area contributed by atoms with Crippen LogP contribution in [0.2, 0.25) is 10.0 Å². The number of hydrogen-bond acceptors (Lipinski definition) is 4. The molecule has 0 saturated carbocycles. The molecule has 3 heterocycles. The van der Waals surface area contributed by atoms with Crippen LogP contribution in [0, 0.1) is 11.8 Å². The zero-order chi connectivity index (χ0) is 23.6. The predicted octanol–water partition coefficient (Wildman–Crippen LogP) is 5.39. The minimum Gasteiger partial charge on any atom is -0.358 e. The number of hydrogen-bond donors (Lipinski definition) is 0. The fraction of sp³-hybridized carbons (Fsp3) is 0.148. The molecule has 7 heteroatoms. The molecule has 4 atom stereocenters. The monoisotopic (exact) mass is 488 g/mol. The summed E-state index contributed by atoms with van der Waals surface area (Å²) in [6.45, 7) is 0. The Labute approximate surface area is 206 Å². The molecule has 34 heavy (non-hydrogen) atoms. The highest BCUT2D eigenvalue weighted by Gasteiger charge is 2.64. The van der Waals surface area contributed by atoms with Gasteiger partial charge in [0, 0.05) is 21.8 Å². The molecule has 5 nitrogen and oxygen atoms in total. The maximum atomic E-state index is 13.8. The summed E-state index contributed by atoms with van der Waals surface area (Å²) in [5.74, 6) is -2.38. The van der Waals surface area contributed by atoms with Crippen molar-refractivity contribution in [3.05, 3.63) is 106 Å². The number of imide groups is 1. The number of benzene rings is 3. The van der Waals surface area contributed by atoms with Crippen LogP contribution in [0.15, 0.2) is 79.0 Å². The minimum absolute atomic E-state index is 0.211. The van der Waals surface area contributed by atoms with E-state index in [9.17, 15) is 14.4 Å². The molecule has 0 spiro atoms. The Morgan fingerprint density at radius 3 is 2.09 bits per heavy atom. The number of Topliss-reactive ketones (excluding diaryl/α,β-unsaturated/α-hetero) is 1. The van der Waals surface area contributed by atoms with E-state index in [4.69, 9.17) is 23.2 Å². The molecule has 3 aromatic rings. The third kappa shape index (κ3) is 3.04. The van der Waals surface area contributed by atoms with Gasteiger partial charge in [-0.25, -0.2) is 4.90 Å². The predicted molar refractivity (Wildman–Crippen MR) is 131 cm³/mol. The van der Waals surface area contributed by atoms with E-state index in [1.54, 1.807) is 48.5 Å². The molecule has 2 fully saturated rings. The number of halogens is 2. The van der Waals surface area contributed by atoms with Crippen LogP contribution in [0.1, 0.15) is 27.5 Å². The lowest BCUT2D eigenvalue weighted by Gasteiger charge is -2.35. The van der Waals surface area contributed by atoms with Crippen molar-refractivity contribution >= 4 is 52.6 Å². The van der Waals surface area contributed by atoms with Crippen molar-refractivity contribution in [2.24, 2.45) is 11.8 Å². The summed E-state index contributed by atoms with van der Waals surface area (Å²) in [5, 5.41) is 1.03. The highest BCUT2D eigenvalue weighted by molar-refractivity contribution is 6.31. The average Bonchev–Trinajstić information content (AvgIpc) is 3.32. The molecule has 2 amide bonds. The van der Waals surface area contributed by atoms with Crippen molar-refractivity contribution in [3.8, 4) is 0 Å². The lowest BCUT2D eigenvalue weighted by Crippen LogP contribution is -2.44. The Morgan fingerprint density at radius 1 is 0.765 bits per heavy atom. The molecule has 0 aromatic heterocycles. The summed E-state index contributed by atoms with van der Waals surface area (Å²) in [5.41, 5.74) is 2.82. The normalized spacial score (nSPS) is 24.8. The number of amides is 2. The molecule has 168 valence electrons. The van der Waals surface area contributed by atoms with Crippen molar-refractivity contribution in [2.75, 3.05) is 4.90 Å². The van der Waals surface area contributed by atoms with Crippen LogP contribution in [-0.2, 0) is 9.59 Å². The van der Waals surface area contributed by atoms with Gasteiger partial charge in [-0.1, -0.05) is 47.5 Å². The summed E-state index contributed by atoms with van der Waals surface area (Å²) in [7, 11) is 0. The van der Waals surface area contributed by atoms with Gasteiger partial charge in [0.2, 0.25) is 11.8 Å². The largest absolute Gasteiger partial charge is 0.358 e. The summed E-state index contributed by atoms with van der Waals surface area (Å²) in [6, 6.07) is 19.8. The molecule has 0 radical (unpaired) electrons. The molecule has 0 N–H and O–H groups in total. The van der Waals surface area contributed by atoms with Gasteiger partial charge in [0.25, 0.3) is 0 Å². The maximum absolute atomic E-state index is 13.8. The number of rotatable bonds is 3. The first-order valence-electron chi connectivity index (χ1n) is 10.9. The van der Waals surface area contributed by atoms with Gasteiger partial charge in [-0.3, -0.25) is 14.4 Å². The molecule has 3 aliphatic rings. The molecular formula is C27H18Cl2N2O3. The molecule has 0 aliphatic carbocycles. The van der Waals surface area contributed by atoms with Crippen LogP contribution in [0.5, 0.6) is 0 Å². The van der Waals surface area contributed by atoms with Gasteiger partial charge in [0.05, 0.1) is 23.6 Å². The number of fused-ring (bicyclic) bond motifs is 5. The lowest BCUT2D eigenvalue weighted by atomic mass is 9.83. The van der Waals surface area contributed by atoms with Gasteiger partial charge in [0.15, 0.2) is 5.78 Å². The number of nitrogens with zero attached hydrogens (tertiary/aromatic N) is 2. The Balaban J connectivity index is 1.49. The van der Waals surface area contributed by atoms with Crippen LogP contribution in [0.3, 0.4) is 0 Å². The van der Waals surface area contributed by atoms with E-state index in [2.05, 4.69) is 0 Å². The van der Waals surface area contributed by atoms with Gasteiger partial charge in [-0.15, -0.1) is 0 Å². The van der Waals surface area contributed by atoms with E-state index in [-0.39, 0.29) is 17.6 Å². The Hall–Kier alpha value is -3.41. The van der Waals surface area contributed by atoms with Crippen LogP contribution in [-0.4, -0.2) is 28.5 Å². The fourth-order valence-corrected chi connectivity index (χ4v) is 5.74. The average molecular weight is 489 g/mol. The van der Waals surface area contributed by atoms with E-state index >= 15 is 0 Å². The third-order valence-electron chi connectivity index (χ3n) is 6.94. The van der Waals surface area contributed by atoms with Gasteiger partial charge < -0.3 is 4.90 Å². The Kier molecular flexibility index (Phi) is 4.87. The fourth-order valence-electron chi connectivity index (χ4n) is 5.49. The standard InChI is InChI=1S/C27H18Cl2N2O3/c28-17-7-5-16(6-8-17)25(32)24-22-21(23-20-4-2-1-3-15(20)13-14-30(23)24)26(33)31(27(22)34)19-11-9-18(29)10-12-19/h1-14,21-24H/t21-,22+,23?,24-/m0/s1. The Bertz CT molecular complexity index is 1370. The molecule has 3 aromatic carbocycles. The lowest BCUT2D eigenvalue weighted by molar-refractivity contribution is -0.123. The van der Waals surface area contributed by atoms with Crippen molar-refractivity contribution in [2.45, 2.75) is 12.1 Å². The first-order valence-corrected chi connectivity index (χ1v) is 11.7. The van der Waals surface area contributed by atoms with E-state index in [0.29, 0.717) is 21.3 Å². The van der Waals surface area contributed by atoms with Crippen LogP contribution >= 0.6 is 23.2 Å². The summed E-state index contributed by atoms with van der Waals surface area (Å²) in [6.07, 6.45) is 3.78. The zero-order valence-electron chi connectivity index (χ0n) is 17.8. The van der Waals surface area contributed by atoms with Gasteiger partial charge in [-0.05, 0) is 65.7 Å². The van der Waals surface area contributed by atoms with Crippen molar-refractivity contribution < 1.29 is 14.4 Å². The van der Waals surface area contributed by atoms with E-state index in [1.165, 1.54) is 4.90 Å². The maximum Gasteiger partial charge on any atom is 0.240 e. The number of ketones is 1. The second kappa shape index (κ2) is 7.83. The molecule has 3 aliphatic heterocycles. The molecular weight excluding hydrogens is 471 g/mol. The molecule has 0 bridgehead atoms. The van der Waals surface area contributed by atoms with Crippen molar-refractivity contribution in [3.63, 3.8) is 0 Å². The van der Waals surface area contributed by atoms with Gasteiger partial charge >= 0.3 is 0 Å². The third-order valence-corrected chi connectivity index (χ3v) is 7.45. The number of carbonyl (C=O) groups is 3. The highest BCUT2D eigenvalue weighted by atomic mass is 35.5. The topological polar surface area (TPSA) is 57.7 Å².